The Morgan fingerprint density at radius 3 is 0.632 bits per heavy atom. The molecule has 0 aliphatic heterocycles. The molecule has 0 saturated heterocycles. The van der Waals surface area contributed by atoms with Crippen molar-refractivity contribution in [1.82, 2.24) is 13.7 Å². The molecule has 0 radical (unpaired) electrons. The van der Waals surface area contributed by atoms with Gasteiger partial charge in [0.1, 0.15) is 0 Å². The van der Waals surface area contributed by atoms with Crippen LogP contribution in [0.4, 0.5) is 51.2 Å². The average molecular weight is 1840 g/mol. The van der Waals surface area contributed by atoms with Gasteiger partial charge in [0.2, 0.25) is 0 Å². The molecule has 3 aromatic heterocycles. The van der Waals surface area contributed by atoms with Crippen LogP contribution in [0.15, 0.2) is 582 Å². The number of anilines is 9. The standard InChI is InChI=1S/3C46H32N2/c1-4-14-33(15-5-1)35-24-28-39(29-25-35)47(40-30-26-36(27-31-40)34-16-6-2-7-17-34)44-32-37-18-10-11-21-41(37)46-45(44)42-22-12-13-23-43(42)48(46)38-19-8-3-9-20-38;2*1-4-13-33(14-5-1)35-23-27-38(28-24-35)47(39-29-25-36(26-30-39)34-15-6-2-7-16-34)44-22-12-20-42-41(44)31-32-43-40-19-10-11-21-45(40)48(46(42)43)37-17-8-3-9-18-37/h3*1-32H. The van der Waals surface area contributed by atoms with Crippen molar-refractivity contribution in [3.63, 3.8) is 0 Å². The molecule has 0 spiro atoms. The van der Waals surface area contributed by atoms with E-state index in [9.17, 15) is 0 Å². The molecule has 0 atom stereocenters. The summed E-state index contributed by atoms with van der Waals surface area (Å²) in [7, 11) is 0. The predicted molar refractivity (Wildman–Crippen MR) is 612 cm³/mol. The van der Waals surface area contributed by atoms with Crippen molar-refractivity contribution in [3.05, 3.63) is 582 Å². The molecule has 0 N–H and O–H groups in total. The molecule has 0 fully saturated rings. The maximum atomic E-state index is 2.44. The largest absolute Gasteiger partial charge is 0.310 e. The van der Waals surface area contributed by atoms with Gasteiger partial charge in [0, 0.05) is 110 Å². The molecule has 6 heteroatoms. The Hall–Kier alpha value is -19.1. The third kappa shape index (κ3) is 16.3. The van der Waals surface area contributed by atoms with Gasteiger partial charge in [0.15, 0.2) is 0 Å². The third-order valence-electron chi connectivity index (χ3n) is 28.1. The smallest absolute Gasteiger partial charge is 0.0640 e. The lowest BCUT2D eigenvalue weighted by Gasteiger charge is -2.27. The second-order valence-corrected chi connectivity index (χ2v) is 36.6. The summed E-state index contributed by atoms with van der Waals surface area (Å²) in [6.45, 7) is 0. The van der Waals surface area contributed by atoms with Gasteiger partial charge in [0.05, 0.1) is 50.2 Å². The van der Waals surface area contributed by atoms with Gasteiger partial charge in [-0.1, -0.05) is 437 Å². The van der Waals surface area contributed by atoms with Gasteiger partial charge in [-0.15, -0.1) is 0 Å². The molecule has 678 valence electrons. The third-order valence-corrected chi connectivity index (χ3v) is 28.1. The van der Waals surface area contributed by atoms with Gasteiger partial charge in [0.25, 0.3) is 0 Å². The van der Waals surface area contributed by atoms with E-state index in [1.807, 2.05) is 0 Å². The Morgan fingerprint density at radius 2 is 0.333 bits per heavy atom. The molecule has 6 nitrogen and oxygen atoms in total. The first-order valence-electron chi connectivity index (χ1n) is 49.3. The Bertz CT molecular complexity index is 8660. The minimum atomic E-state index is 1.11. The lowest BCUT2D eigenvalue weighted by molar-refractivity contribution is 1.19. The summed E-state index contributed by atoms with van der Waals surface area (Å²) < 4.78 is 7.28. The fourth-order valence-corrected chi connectivity index (χ4v) is 21.4. The highest BCUT2D eigenvalue weighted by atomic mass is 15.2. The quantitative estimate of drug-likeness (QED) is 0.0856. The Morgan fingerprint density at radius 1 is 0.125 bits per heavy atom. The molecule has 3 heterocycles. The van der Waals surface area contributed by atoms with Crippen LogP contribution in [-0.4, -0.2) is 13.7 Å². The van der Waals surface area contributed by atoms with Crippen molar-refractivity contribution in [1.29, 1.82) is 0 Å². The van der Waals surface area contributed by atoms with Crippen molar-refractivity contribution < 1.29 is 0 Å². The maximum absolute atomic E-state index is 2.44. The van der Waals surface area contributed by atoms with Crippen LogP contribution in [0.25, 0.3) is 182 Å². The molecule has 27 aromatic rings. The number of hydrogen-bond donors (Lipinski definition) is 0. The van der Waals surface area contributed by atoms with Gasteiger partial charge in [-0.3, -0.25) is 0 Å². The van der Waals surface area contributed by atoms with Crippen LogP contribution in [-0.2, 0) is 0 Å². The summed E-state index contributed by atoms with van der Waals surface area (Å²) in [6, 6.07) is 209. The number of para-hydroxylation sites is 6. The fourth-order valence-electron chi connectivity index (χ4n) is 21.4. The monoisotopic (exact) mass is 1840 g/mol. The van der Waals surface area contributed by atoms with E-state index in [0.29, 0.717) is 0 Å². The Labute approximate surface area is 837 Å². The van der Waals surface area contributed by atoms with Crippen LogP contribution in [0.5, 0.6) is 0 Å². The van der Waals surface area contributed by atoms with Crippen LogP contribution in [0.1, 0.15) is 0 Å². The molecule has 0 aliphatic carbocycles. The summed E-state index contributed by atoms with van der Waals surface area (Å²) in [5, 5.41) is 14.7. The van der Waals surface area contributed by atoms with Crippen molar-refractivity contribution >= 4 is 149 Å². The van der Waals surface area contributed by atoms with Gasteiger partial charge < -0.3 is 28.4 Å². The molecular formula is C138H96N6. The summed E-state index contributed by atoms with van der Waals surface area (Å²) in [5.41, 5.74) is 35.3. The zero-order valence-corrected chi connectivity index (χ0v) is 79.1. The molecule has 0 amide bonds. The van der Waals surface area contributed by atoms with Crippen LogP contribution >= 0.6 is 0 Å². The molecule has 0 bridgehead atoms. The lowest BCUT2D eigenvalue weighted by atomic mass is 10.0. The Kier molecular flexibility index (Phi) is 23.0. The van der Waals surface area contributed by atoms with Crippen LogP contribution < -0.4 is 14.7 Å². The van der Waals surface area contributed by atoms with E-state index < -0.39 is 0 Å². The Balaban J connectivity index is 0.000000113. The minimum absolute atomic E-state index is 1.11. The molecule has 27 rings (SSSR count). The average Bonchev–Trinajstić information content (AvgIpc) is 1.56. The maximum Gasteiger partial charge on any atom is 0.0640 e. The molecule has 24 aromatic carbocycles. The van der Waals surface area contributed by atoms with Crippen molar-refractivity contribution in [2.45, 2.75) is 0 Å². The zero-order valence-electron chi connectivity index (χ0n) is 79.1. The highest BCUT2D eigenvalue weighted by Gasteiger charge is 2.28. The first-order valence-corrected chi connectivity index (χ1v) is 49.3. The molecule has 0 aliphatic rings. The number of nitrogens with zero attached hydrogens (tertiary/aromatic N) is 6. The molecule has 0 saturated carbocycles. The zero-order chi connectivity index (χ0) is 95.6. The summed E-state index contributed by atoms with van der Waals surface area (Å²) in [6.07, 6.45) is 0. The first-order chi connectivity index (χ1) is 71.5. The van der Waals surface area contributed by atoms with Crippen LogP contribution in [0.2, 0.25) is 0 Å². The molecular weight excluding hydrogens is 1740 g/mol. The minimum Gasteiger partial charge on any atom is -0.310 e. The van der Waals surface area contributed by atoms with E-state index in [0.717, 1.165) is 68.2 Å². The van der Waals surface area contributed by atoms with Crippen molar-refractivity contribution in [2.24, 2.45) is 0 Å². The number of hydrogen-bond acceptors (Lipinski definition) is 3. The molecule has 144 heavy (non-hydrogen) atoms. The van der Waals surface area contributed by atoms with E-state index in [1.165, 1.54) is 164 Å². The second-order valence-electron chi connectivity index (χ2n) is 36.6. The number of fused-ring (bicyclic) bond motifs is 15. The topological polar surface area (TPSA) is 24.5 Å². The predicted octanol–water partition coefficient (Wildman–Crippen LogP) is 38.2. The number of rotatable bonds is 18. The SMILES string of the molecule is c1ccc(-c2ccc(N(c3ccc(-c4ccccc4)cc3)c3cc4ccccc4c4c3c3ccccc3n4-c3ccccc3)cc2)cc1.c1ccc(-c2ccc(N(c3ccc(-c4ccccc4)cc3)c3cccc4c3ccc3c5ccccc5n(-c5ccccc5)c43)cc2)cc1.c1ccc(-c2ccc(N(c3ccc(-c4ccccc4)cc3)c3cccc4c3ccc3c5ccccc5n(-c5ccccc5)c43)cc2)cc1. The lowest BCUT2D eigenvalue weighted by Crippen LogP contribution is -2.10. The first kappa shape index (κ1) is 86.4. The van der Waals surface area contributed by atoms with Crippen molar-refractivity contribution in [2.75, 3.05) is 14.7 Å². The van der Waals surface area contributed by atoms with Crippen LogP contribution in [0, 0.1) is 0 Å². The van der Waals surface area contributed by atoms with E-state index in [-0.39, 0.29) is 0 Å². The van der Waals surface area contributed by atoms with Gasteiger partial charge >= 0.3 is 0 Å². The normalized spacial score (nSPS) is 11.3. The van der Waals surface area contributed by atoms with E-state index in [1.54, 1.807) is 0 Å². The van der Waals surface area contributed by atoms with E-state index >= 15 is 0 Å². The summed E-state index contributed by atoms with van der Waals surface area (Å²) in [5.74, 6) is 0. The summed E-state index contributed by atoms with van der Waals surface area (Å²) >= 11 is 0. The van der Waals surface area contributed by atoms with Gasteiger partial charge in [-0.05, 0) is 218 Å². The van der Waals surface area contributed by atoms with E-state index in [4.69, 9.17) is 0 Å². The highest BCUT2D eigenvalue weighted by Crippen LogP contribution is 2.51. The second kappa shape index (κ2) is 38.3. The molecule has 0 unspecified atom stereocenters. The number of aromatic nitrogens is 3. The number of benzene rings is 24. The van der Waals surface area contributed by atoms with E-state index in [2.05, 4.69) is 611 Å². The fraction of sp³-hybridized carbons (Fsp3) is 0. The van der Waals surface area contributed by atoms with Crippen molar-refractivity contribution in [3.8, 4) is 83.8 Å². The van der Waals surface area contributed by atoms with Crippen LogP contribution in [0.3, 0.4) is 0 Å². The highest BCUT2D eigenvalue weighted by molar-refractivity contribution is 6.26. The van der Waals surface area contributed by atoms with Gasteiger partial charge in [-0.2, -0.15) is 0 Å². The van der Waals surface area contributed by atoms with Gasteiger partial charge in [-0.25, -0.2) is 0 Å². The summed E-state index contributed by atoms with van der Waals surface area (Å²) in [4.78, 5) is 7.22.